The van der Waals surface area contributed by atoms with E-state index in [0.717, 1.165) is 50.2 Å². The molecule has 9 heteroatoms. The van der Waals surface area contributed by atoms with Gasteiger partial charge in [0.05, 0.1) is 29.2 Å². The molecular formula is C36H33N5O4. The molecule has 0 bridgehead atoms. The van der Waals surface area contributed by atoms with Gasteiger partial charge in [-0.2, -0.15) is 9.78 Å². The van der Waals surface area contributed by atoms with E-state index in [0.29, 0.717) is 23.3 Å². The van der Waals surface area contributed by atoms with Crippen LogP contribution < -0.4 is 10.3 Å². The molecule has 0 saturated carbocycles. The SMILES string of the molecule is COc1cc(C)c(-c2nc3ccccc3c(=O)n2N=Cc2c(C)n(Cc3cccc([N+](=O)[O-])c3)c3ccccc23)cc1C(C)C. The molecule has 2 heterocycles. The molecule has 0 unspecified atom stereocenters. The Morgan fingerprint density at radius 3 is 2.44 bits per heavy atom. The van der Waals surface area contributed by atoms with E-state index in [2.05, 4.69) is 18.4 Å². The minimum Gasteiger partial charge on any atom is -0.496 e. The quantitative estimate of drug-likeness (QED) is 0.102. The van der Waals surface area contributed by atoms with Crippen molar-refractivity contribution >= 4 is 33.7 Å². The van der Waals surface area contributed by atoms with Crippen molar-refractivity contribution in [2.45, 2.75) is 40.2 Å². The van der Waals surface area contributed by atoms with Crippen LogP contribution in [0.1, 0.15) is 47.7 Å². The van der Waals surface area contributed by atoms with E-state index in [9.17, 15) is 14.9 Å². The predicted octanol–water partition coefficient (Wildman–Crippen LogP) is 7.61. The van der Waals surface area contributed by atoms with Crippen LogP contribution in [0.5, 0.6) is 5.75 Å². The summed E-state index contributed by atoms with van der Waals surface area (Å²) in [6, 6.07) is 25.9. The standard InChI is InChI=1S/C36H33N5O4/c1-22(2)29-19-30(23(3)17-34(29)45-5)35-38-32-15-8-6-14-28(32)36(42)40(35)37-20-31-24(4)39(33-16-9-7-13-27(31)33)21-25-11-10-12-26(18-25)41(43)44/h6-20,22H,21H2,1-5H3. The van der Waals surface area contributed by atoms with Crippen molar-refractivity contribution in [1.29, 1.82) is 0 Å². The lowest BCUT2D eigenvalue weighted by Gasteiger charge is -2.17. The van der Waals surface area contributed by atoms with E-state index in [1.54, 1.807) is 31.5 Å². The number of aryl methyl sites for hydroxylation is 1. The maximum absolute atomic E-state index is 14.0. The Labute approximate surface area is 260 Å². The van der Waals surface area contributed by atoms with Gasteiger partial charge in [-0.1, -0.05) is 56.3 Å². The Bertz CT molecular complexity index is 2190. The molecule has 0 aliphatic heterocycles. The van der Waals surface area contributed by atoms with E-state index in [1.165, 1.54) is 10.7 Å². The Balaban J connectivity index is 1.54. The monoisotopic (exact) mass is 599 g/mol. The number of para-hydroxylation sites is 2. The van der Waals surface area contributed by atoms with E-state index in [-0.39, 0.29) is 22.1 Å². The summed E-state index contributed by atoms with van der Waals surface area (Å²) >= 11 is 0. The minimum absolute atomic E-state index is 0.0496. The van der Waals surface area contributed by atoms with Crippen LogP contribution in [0.15, 0.2) is 94.8 Å². The summed E-state index contributed by atoms with van der Waals surface area (Å²) in [5.41, 5.74) is 6.61. The summed E-state index contributed by atoms with van der Waals surface area (Å²) in [6.07, 6.45) is 1.71. The van der Waals surface area contributed by atoms with Crippen LogP contribution in [0.4, 0.5) is 5.69 Å². The van der Waals surface area contributed by atoms with E-state index in [1.807, 2.05) is 74.5 Å². The van der Waals surface area contributed by atoms with Gasteiger partial charge in [-0.15, -0.1) is 0 Å². The summed E-state index contributed by atoms with van der Waals surface area (Å²) in [5.74, 6) is 1.41. The third-order valence-corrected chi connectivity index (χ3v) is 8.24. The van der Waals surface area contributed by atoms with E-state index < -0.39 is 0 Å². The van der Waals surface area contributed by atoms with Crippen LogP contribution >= 0.6 is 0 Å². The molecule has 0 N–H and O–H groups in total. The molecule has 6 rings (SSSR count). The fraction of sp³-hybridized carbons (Fsp3) is 0.194. The number of aromatic nitrogens is 3. The zero-order valence-electron chi connectivity index (χ0n) is 25.8. The highest BCUT2D eigenvalue weighted by molar-refractivity contribution is 6.01. The zero-order valence-corrected chi connectivity index (χ0v) is 25.8. The number of nitro benzene ring substituents is 1. The van der Waals surface area contributed by atoms with Gasteiger partial charge in [-0.25, -0.2) is 4.98 Å². The highest BCUT2D eigenvalue weighted by Gasteiger charge is 2.19. The fourth-order valence-electron chi connectivity index (χ4n) is 5.86. The molecule has 9 nitrogen and oxygen atoms in total. The third kappa shape index (κ3) is 5.37. The first-order valence-corrected chi connectivity index (χ1v) is 14.7. The first-order valence-electron chi connectivity index (χ1n) is 14.7. The molecule has 0 amide bonds. The normalized spacial score (nSPS) is 11.7. The maximum atomic E-state index is 14.0. The topological polar surface area (TPSA) is 105 Å². The lowest BCUT2D eigenvalue weighted by Crippen LogP contribution is -2.21. The number of non-ortho nitro benzene ring substituents is 1. The highest BCUT2D eigenvalue weighted by atomic mass is 16.6. The molecule has 226 valence electrons. The number of methoxy groups -OCH3 is 1. The Morgan fingerprint density at radius 2 is 1.71 bits per heavy atom. The molecule has 45 heavy (non-hydrogen) atoms. The Morgan fingerprint density at radius 1 is 0.978 bits per heavy atom. The molecule has 0 aliphatic carbocycles. The molecule has 4 aromatic carbocycles. The average molecular weight is 600 g/mol. The van der Waals surface area contributed by atoms with Crippen molar-refractivity contribution in [1.82, 2.24) is 14.2 Å². The minimum atomic E-state index is -0.385. The van der Waals surface area contributed by atoms with Gasteiger partial charge >= 0.3 is 0 Å². The van der Waals surface area contributed by atoms with Crippen molar-refractivity contribution in [2.24, 2.45) is 5.10 Å². The highest BCUT2D eigenvalue weighted by Crippen LogP contribution is 2.34. The Kier molecular flexibility index (Phi) is 7.76. The van der Waals surface area contributed by atoms with Crippen LogP contribution in [-0.2, 0) is 6.54 Å². The number of hydrogen-bond donors (Lipinski definition) is 0. The molecular weight excluding hydrogens is 566 g/mol. The van der Waals surface area contributed by atoms with Gasteiger partial charge in [0.2, 0.25) is 0 Å². The van der Waals surface area contributed by atoms with Crippen molar-refractivity contribution in [2.75, 3.05) is 7.11 Å². The third-order valence-electron chi connectivity index (χ3n) is 8.24. The second kappa shape index (κ2) is 11.8. The van der Waals surface area contributed by atoms with Gasteiger partial charge in [-0.3, -0.25) is 14.9 Å². The Hall–Kier alpha value is -5.57. The number of rotatable bonds is 8. The van der Waals surface area contributed by atoms with Gasteiger partial charge in [0.1, 0.15) is 5.75 Å². The second-order valence-electron chi connectivity index (χ2n) is 11.4. The molecule has 0 aliphatic rings. The van der Waals surface area contributed by atoms with Crippen molar-refractivity contribution in [3.05, 3.63) is 133 Å². The number of fused-ring (bicyclic) bond motifs is 2. The summed E-state index contributed by atoms with van der Waals surface area (Å²) in [7, 11) is 1.66. The van der Waals surface area contributed by atoms with Gasteiger partial charge in [0.25, 0.3) is 11.2 Å². The van der Waals surface area contributed by atoms with Crippen LogP contribution in [0, 0.1) is 24.0 Å². The van der Waals surface area contributed by atoms with Crippen LogP contribution in [0.3, 0.4) is 0 Å². The molecule has 0 radical (unpaired) electrons. The zero-order chi connectivity index (χ0) is 31.8. The van der Waals surface area contributed by atoms with Crippen molar-refractivity contribution < 1.29 is 9.66 Å². The molecule has 0 fully saturated rings. The number of nitro groups is 1. The predicted molar refractivity (Wildman–Crippen MR) is 179 cm³/mol. The lowest BCUT2D eigenvalue weighted by molar-refractivity contribution is -0.384. The van der Waals surface area contributed by atoms with Crippen LogP contribution in [0.2, 0.25) is 0 Å². The first kappa shape index (κ1) is 29.5. The molecule has 6 aromatic rings. The second-order valence-corrected chi connectivity index (χ2v) is 11.4. The molecule has 0 spiro atoms. The lowest BCUT2D eigenvalue weighted by atomic mass is 9.96. The summed E-state index contributed by atoms with van der Waals surface area (Å²) in [4.78, 5) is 30.0. The number of nitrogens with zero attached hydrogens (tertiary/aromatic N) is 5. The largest absolute Gasteiger partial charge is 0.496 e. The number of ether oxygens (including phenoxy) is 1. The smallest absolute Gasteiger partial charge is 0.282 e. The van der Waals surface area contributed by atoms with Gasteiger partial charge in [0.15, 0.2) is 5.82 Å². The number of benzene rings is 4. The van der Waals surface area contributed by atoms with Crippen molar-refractivity contribution in [3.8, 4) is 17.1 Å². The van der Waals surface area contributed by atoms with Crippen LogP contribution in [0.25, 0.3) is 33.2 Å². The summed E-state index contributed by atoms with van der Waals surface area (Å²) in [5, 5.41) is 17.6. The molecule has 0 saturated heterocycles. The van der Waals surface area contributed by atoms with Gasteiger partial charge < -0.3 is 9.30 Å². The molecule has 2 aromatic heterocycles. The summed E-state index contributed by atoms with van der Waals surface area (Å²) in [6.45, 7) is 8.60. The van der Waals surface area contributed by atoms with Crippen LogP contribution in [-0.4, -0.2) is 32.5 Å². The average Bonchev–Trinajstić information content (AvgIpc) is 3.30. The van der Waals surface area contributed by atoms with E-state index >= 15 is 0 Å². The molecule has 0 atom stereocenters. The fourth-order valence-corrected chi connectivity index (χ4v) is 5.86. The first-order chi connectivity index (χ1) is 21.7. The summed E-state index contributed by atoms with van der Waals surface area (Å²) < 4.78 is 9.16. The van der Waals surface area contributed by atoms with Gasteiger partial charge in [-0.05, 0) is 66.8 Å². The number of hydrogen-bond acceptors (Lipinski definition) is 6. The van der Waals surface area contributed by atoms with E-state index in [4.69, 9.17) is 14.8 Å². The van der Waals surface area contributed by atoms with Gasteiger partial charge in [0, 0.05) is 46.4 Å². The van der Waals surface area contributed by atoms with Crippen molar-refractivity contribution in [3.63, 3.8) is 0 Å². The maximum Gasteiger partial charge on any atom is 0.282 e.